The van der Waals surface area contributed by atoms with Gasteiger partial charge in [0.2, 0.25) is 10.0 Å². The molecule has 1 aliphatic heterocycles. The Morgan fingerprint density at radius 3 is 2.61 bits per heavy atom. The first-order chi connectivity index (χ1) is 19.5. The van der Waals surface area contributed by atoms with E-state index in [9.17, 15) is 22.5 Å². The van der Waals surface area contributed by atoms with E-state index in [1.807, 2.05) is 6.07 Å². The van der Waals surface area contributed by atoms with Crippen molar-refractivity contribution in [2.45, 2.75) is 31.9 Å². The monoisotopic (exact) mass is 602 g/mol. The number of fused-ring (bicyclic) bond motifs is 1. The number of benzene rings is 1. The van der Waals surface area contributed by atoms with Gasteiger partial charge in [-0.1, -0.05) is 17.7 Å². The minimum Gasteiger partial charge on any atom is -0.358 e. The second kappa shape index (κ2) is 11.4. The van der Waals surface area contributed by atoms with Gasteiger partial charge in [0.25, 0.3) is 6.43 Å². The normalized spacial score (nSPS) is 15.6. The van der Waals surface area contributed by atoms with E-state index in [0.717, 1.165) is 23.4 Å². The Kier molecular flexibility index (Phi) is 7.94. The van der Waals surface area contributed by atoms with Gasteiger partial charge in [-0.2, -0.15) is 5.26 Å². The van der Waals surface area contributed by atoms with E-state index in [-0.39, 0.29) is 34.1 Å². The largest absolute Gasteiger partial charge is 0.358 e. The molecule has 15 heteroatoms. The molecule has 4 heterocycles. The number of imidazole rings is 1. The van der Waals surface area contributed by atoms with Crippen molar-refractivity contribution in [3.8, 4) is 6.07 Å². The molecule has 1 aromatic carbocycles. The van der Waals surface area contributed by atoms with Crippen LogP contribution in [0.25, 0.3) is 11.2 Å². The molecule has 1 atom stereocenters. The lowest BCUT2D eigenvalue weighted by Crippen LogP contribution is -2.25. The Balaban J connectivity index is 1.70. The summed E-state index contributed by atoms with van der Waals surface area (Å²) in [6.45, 7) is 0.410. The molecule has 41 heavy (non-hydrogen) atoms. The molecule has 1 fully saturated rings. The lowest BCUT2D eigenvalue weighted by atomic mass is 10.2. The minimum atomic E-state index is -3.67. The van der Waals surface area contributed by atoms with E-state index in [1.54, 1.807) is 30.3 Å². The molecule has 1 saturated heterocycles. The Morgan fingerprint density at radius 2 is 1.93 bits per heavy atom. The number of hydrogen-bond donors (Lipinski definition) is 2. The van der Waals surface area contributed by atoms with Crippen LogP contribution in [0, 0.1) is 11.3 Å². The maximum atomic E-state index is 14.3. The highest BCUT2D eigenvalue weighted by molar-refractivity contribution is 7.92. The fourth-order valence-corrected chi connectivity index (χ4v) is 5.17. The zero-order valence-corrected chi connectivity index (χ0v) is 23.5. The predicted molar refractivity (Wildman–Crippen MR) is 152 cm³/mol. The first-order valence-electron chi connectivity index (χ1n) is 12.5. The number of anilines is 5. The first-order valence-corrected chi connectivity index (χ1v) is 14.7. The smallest absolute Gasteiger partial charge is 0.295 e. The molecule has 1 unspecified atom stereocenters. The Labute approximate surface area is 239 Å². The number of hydrogen-bond acceptors (Lipinski definition) is 9. The summed E-state index contributed by atoms with van der Waals surface area (Å²) in [6.07, 6.45) is -0.472. The van der Waals surface area contributed by atoms with Gasteiger partial charge < -0.3 is 15.4 Å². The highest BCUT2D eigenvalue weighted by atomic mass is 35.5. The van der Waals surface area contributed by atoms with Crippen LogP contribution in [0.3, 0.4) is 0 Å². The number of halogens is 3. The van der Waals surface area contributed by atoms with Crippen molar-refractivity contribution in [2.24, 2.45) is 0 Å². The van der Waals surface area contributed by atoms with E-state index < -0.39 is 28.5 Å². The number of ether oxygens (including phenoxy) is 1. The predicted octanol–water partition coefficient (Wildman–Crippen LogP) is 5.87. The van der Waals surface area contributed by atoms with Crippen molar-refractivity contribution in [1.82, 2.24) is 19.5 Å². The van der Waals surface area contributed by atoms with Crippen LogP contribution in [-0.4, -0.2) is 47.8 Å². The Morgan fingerprint density at radius 1 is 1.12 bits per heavy atom. The molecule has 214 valence electrons. The van der Waals surface area contributed by atoms with Crippen LogP contribution in [-0.2, 0) is 14.8 Å². The highest BCUT2D eigenvalue weighted by Crippen LogP contribution is 2.39. The summed E-state index contributed by atoms with van der Waals surface area (Å²) in [7, 11) is -2.30. The number of nitrogens with zero attached hydrogens (tertiary/aromatic N) is 6. The SMILES string of the molecule is CN(c1cc(Cl)ccc1Nc1cc(Nc2cccc(C#N)n2)nc2c1nc(C(F)F)n2C1CCCCO1)S(C)(=O)=O. The number of nitrogens with one attached hydrogen (secondary N) is 2. The van der Waals surface area contributed by atoms with Gasteiger partial charge >= 0.3 is 0 Å². The van der Waals surface area contributed by atoms with Crippen LogP contribution in [0.2, 0.25) is 5.02 Å². The second-order valence-corrected chi connectivity index (χ2v) is 11.8. The quantitative estimate of drug-likeness (QED) is 0.253. The van der Waals surface area contributed by atoms with Gasteiger partial charge in [0.1, 0.15) is 35.1 Å². The van der Waals surface area contributed by atoms with Crippen LogP contribution in [0.4, 0.5) is 37.5 Å². The van der Waals surface area contributed by atoms with Crippen molar-refractivity contribution in [2.75, 3.05) is 34.8 Å². The second-order valence-electron chi connectivity index (χ2n) is 9.35. The maximum absolute atomic E-state index is 14.3. The fraction of sp³-hybridized carbons (Fsp3) is 0.308. The topological polar surface area (TPSA) is 138 Å². The molecule has 0 amide bonds. The van der Waals surface area contributed by atoms with Crippen molar-refractivity contribution in [1.29, 1.82) is 5.26 Å². The van der Waals surface area contributed by atoms with E-state index in [1.165, 1.54) is 23.7 Å². The number of pyridine rings is 2. The minimum absolute atomic E-state index is 0.127. The average molecular weight is 603 g/mol. The number of aromatic nitrogens is 4. The maximum Gasteiger partial charge on any atom is 0.295 e. The summed E-state index contributed by atoms with van der Waals surface area (Å²) >= 11 is 6.18. The summed E-state index contributed by atoms with van der Waals surface area (Å²) in [5, 5.41) is 15.7. The summed E-state index contributed by atoms with van der Waals surface area (Å²) in [6, 6.07) is 12.9. The molecular formula is C26H25ClF2N8O3S. The molecule has 11 nitrogen and oxygen atoms in total. The fourth-order valence-electron chi connectivity index (χ4n) is 4.50. The summed E-state index contributed by atoms with van der Waals surface area (Å²) in [4.78, 5) is 13.1. The molecule has 1 aliphatic rings. The lowest BCUT2D eigenvalue weighted by Gasteiger charge is -2.25. The van der Waals surface area contributed by atoms with E-state index in [0.29, 0.717) is 29.6 Å². The molecule has 0 bridgehead atoms. The Bertz CT molecular complexity index is 1750. The van der Waals surface area contributed by atoms with Gasteiger partial charge in [-0.3, -0.25) is 8.87 Å². The molecular weight excluding hydrogens is 578 g/mol. The first kappa shape index (κ1) is 28.5. The molecule has 0 saturated carbocycles. The summed E-state index contributed by atoms with van der Waals surface area (Å²) in [5.41, 5.74) is 1.24. The highest BCUT2D eigenvalue weighted by Gasteiger charge is 2.29. The van der Waals surface area contributed by atoms with Crippen LogP contribution in [0.1, 0.15) is 43.4 Å². The molecule has 0 radical (unpaired) electrons. The van der Waals surface area contributed by atoms with Gasteiger partial charge in [0.05, 0.1) is 23.3 Å². The number of nitriles is 1. The third-order valence-electron chi connectivity index (χ3n) is 6.50. The van der Waals surface area contributed by atoms with E-state index in [4.69, 9.17) is 16.3 Å². The van der Waals surface area contributed by atoms with Crippen molar-refractivity contribution >= 4 is 61.5 Å². The molecule has 0 spiro atoms. The number of sulfonamides is 1. The van der Waals surface area contributed by atoms with E-state index in [2.05, 4.69) is 25.6 Å². The summed E-state index contributed by atoms with van der Waals surface area (Å²) < 4.78 is 61.6. The van der Waals surface area contributed by atoms with Gasteiger partial charge in [0, 0.05) is 24.7 Å². The van der Waals surface area contributed by atoms with Crippen LogP contribution in [0.15, 0.2) is 42.5 Å². The molecule has 3 aromatic heterocycles. The average Bonchev–Trinajstić information content (AvgIpc) is 3.34. The van der Waals surface area contributed by atoms with Crippen molar-refractivity contribution in [3.63, 3.8) is 0 Å². The lowest BCUT2D eigenvalue weighted by molar-refractivity contribution is -0.0363. The zero-order chi connectivity index (χ0) is 29.3. The van der Waals surface area contributed by atoms with Crippen LogP contribution >= 0.6 is 11.6 Å². The van der Waals surface area contributed by atoms with Gasteiger partial charge in [0.15, 0.2) is 11.5 Å². The van der Waals surface area contributed by atoms with Gasteiger partial charge in [-0.25, -0.2) is 32.2 Å². The van der Waals surface area contributed by atoms with Crippen molar-refractivity contribution in [3.05, 3.63) is 59.0 Å². The summed E-state index contributed by atoms with van der Waals surface area (Å²) in [5.74, 6) is 0.0149. The molecule has 2 N–H and O–H groups in total. The van der Waals surface area contributed by atoms with Gasteiger partial charge in [-0.15, -0.1) is 0 Å². The standard InChI is InChI=1S/C26H25ClF2N8O3S/c1-36(41(2,38)39)19-12-15(27)9-10-17(19)32-18-13-21(33-20-7-5-6-16(14-30)31-20)34-25-23(18)35-26(24(28)29)37(25)22-8-3-4-11-40-22/h5-7,9-10,12-13,22,24H,3-4,8,11H2,1-2H3,(H2,31,32,33,34). The van der Waals surface area contributed by atoms with Crippen LogP contribution < -0.4 is 14.9 Å². The molecule has 0 aliphatic carbocycles. The number of alkyl halides is 2. The van der Waals surface area contributed by atoms with Crippen LogP contribution in [0.5, 0.6) is 0 Å². The van der Waals surface area contributed by atoms with E-state index >= 15 is 0 Å². The third-order valence-corrected chi connectivity index (χ3v) is 7.93. The van der Waals surface area contributed by atoms with Crippen molar-refractivity contribution < 1.29 is 21.9 Å². The van der Waals surface area contributed by atoms with Gasteiger partial charge in [-0.05, 0) is 49.6 Å². The third kappa shape index (κ3) is 6.02. The Hall–Kier alpha value is -4.06. The molecule has 4 aromatic rings. The molecule has 5 rings (SSSR count). The zero-order valence-electron chi connectivity index (χ0n) is 22.0. The number of rotatable bonds is 8.